The smallest absolute Gasteiger partial charge is 0.352 e. The van der Waals surface area contributed by atoms with Crippen molar-refractivity contribution in [3.8, 4) is 5.75 Å². The fourth-order valence-corrected chi connectivity index (χ4v) is 5.90. The summed E-state index contributed by atoms with van der Waals surface area (Å²) in [7, 11) is 1.65. The Morgan fingerprint density at radius 3 is 2.71 bits per heavy atom. The van der Waals surface area contributed by atoms with Crippen LogP contribution in [0, 0.1) is 0 Å². The highest BCUT2D eigenvalue weighted by molar-refractivity contribution is 7.19. The zero-order chi connectivity index (χ0) is 22.4. The van der Waals surface area contributed by atoms with Crippen LogP contribution in [0.4, 0.5) is 0 Å². The molecule has 174 valence electrons. The molecule has 1 aromatic carbocycles. The zero-order valence-electron chi connectivity index (χ0n) is 18.1. The number of pyridine rings is 1. The van der Waals surface area contributed by atoms with Gasteiger partial charge >= 0.3 is 5.69 Å². The largest absolute Gasteiger partial charge is 0.497 e. The molecule has 0 radical (unpaired) electrons. The van der Waals surface area contributed by atoms with Crippen LogP contribution < -0.4 is 10.4 Å². The Morgan fingerprint density at radius 1 is 1.09 bits per heavy atom. The van der Waals surface area contributed by atoms with Crippen molar-refractivity contribution in [2.24, 2.45) is 0 Å². The van der Waals surface area contributed by atoms with Gasteiger partial charge in [-0.15, -0.1) is 11.3 Å². The van der Waals surface area contributed by atoms with Crippen molar-refractivity contribution in [3.63, 3.8) is 0 Å². The number of fused-ring (bicyclic) bond motifs is 5. The molecule has 0 unspecified atom stereocenters. The van der Waals surface area contributed by atoms with Crippen LogP contribution >= 0.6 is 11.3 Å². The maximum Gasteiger partial charge on any atom is 0.352 e. The van der Waals surface area contributed by atoms with Gasteiger partial charge in [-0.05, 0) is 41.8 Å². The predicted octanol–water partition coefficient (Wildman–Crippen LogP) is 3.75. The van der Waals surface area contributed by atoms with Crippen molar-refractivity contribution in [1.82, 2.24) is 29.0 Å². The molecule has 8 nitrogen and oxygen atoms in total. The average molecular weight is 475 g/mol. The molecule has 5 heterocycles. The molecule has 0 aliphatic carbocycles. The molecule has 6 rings (SSSR count). The van der Waals surface area contributed by atoms with Crippen molar-refractivity contribution in [1.29, 1.82) is 0 Å². The maximum absolute atomic E-state index is 13.3. The Bertz CT molecular complexity index is 1500. The molecule has 0 saturated heterocycles. The van der Waals surface area contributed by atoms with Gasteiger partial charge in [0.2, 0.25) is 0 Å². The second-order valence-corrected chi connectivity index (χ2v) is 9.26. The van der Waals surface area contributed by atoms with Gasteiger partial charge in [0.15, 0.2) is 5.65 Å². The van der Waals surface area contributed by atoms with E-state index in [0.717, 1.165) is 53.3 Å². The summed E-state index contributed by atoms with van der Waals surface area (Å²) in [5, 5.41) is 5.29. The molecule has 0 amide bonds. The first-order valence-corrected chi connectivity index (χ1v) is 11.6. The second-order valence-electron chi connectivity index (χ2n) is 8.18. The summed E-state index contributed by atoms with van der Waals surface area (Å²) in [6, 6.07) is 13.8. The van der Waals surface area contributed by atoms with Crippen LogP contribution in [-0.2, 0) is 26.1 Å². The van der Waals surface area contributed by atoms with Gasteiger partial charge in [-0.25, -0.2) is 9.78 Å². The molecule has 1 aliphatic rings. The number of thiophene rings is 1. The number of aromatic nitrogens is 5. The zero-order valence-corrected chi connectivity index (χ0v) is 19.0. The SMILES string of the molecule is C.COc1ccc(Cn2c(=O)n3ncnc3c3c4c(sc32)CN(Cc2ccccn2)CC4)cc1. The number of ether oxygens (including phenoxy) is 1. The highest BCUT2D eigenvalue weighted by atomic mass is 32.1. The molecule has 0 atom stereocenters. The van der Waals surface area contributed by atoms with Crippen LogP contribution in [0.2, 0.25) is 0 Å². The third-order valence-corrected chi connectivity index (χ3v) is 7.40. The summed E-state index contributed by atoms with van der Waals surface area (Å²) >= 11 is 1.70. The normalized spacial score (nSPS) is 13.7. The Hall–Kier alpha value is -3.56. The van der Waals surface area contributed by atoms with Gasteiger partial charge in [-0.1, -0.05) is 25.6 Å². The van der Waals surface area contributed by atoms with E-state index in [1.54, 1.807) is 18.4 Å². The molecular formula is C25H26N6O2S. The van der Waals surface area contributed by atoms with E-state index in [2.05, 4.69) is 26.0 Å². The molecule has 1 aliphatic heterocycles. The van der Waals surface area contributed by atoms with E-state index in [1.165, 1.54) is 21.3 Å². The van der Waals surface area contributed by atoms with Gasteiger partial charge in [0.1, 0.15) is 16.9 Å². The lowest BCUT2D eigenvalue weighted by Crippen LogP contribution is -2.30. The van der Waals surface area contributed by atoms with Crippen LogP contribution in [-0.4, -0.2) is 42.7 Å². The number of methoxy groups -OCH3 is 1. The minimum atomic E-state index is -0.172. The lowest BCUT2D eigenvalue weighted by molar-refractivity contribution is 0.246. The highest BCUT2D eigenvalue weighted by Crippen LogP contribution is 2.37. The molecular weight excluding hydrogens is 448 g/mol. The Kier molecular flexibility index (Phi) is 5.89. The molecule has 9 heteroatoms. The molecule has 34 heavy (non-hydrogen) atoms. The minimum absolute atomic E-state index is 0. The monoisotopic (exact) mass is 474 g/mol. The highest BCUT2D eigenvalue weighted by Gasteiger charge is 2.26. The molecule has 0 fully saturated rings. The number of hydrogen-bond acceptors (Lipinski definition) is 7. The summed E-state index contributed by atoms with van der Waals surface area (Å²) in [6.07, 6.45) is 4.21. The lowest BCUT2D eigenvalue weighted by Gasteiger charge is -2.26. The van der Waals surface area contributed by atoms with Crippen LogP contribution in [0.5, 0.6) is 5.75 Å². The quantitative estimate of drug-likeness (QED) is 0.386. The second kappa shape index (κ2) is 9.00. The van der Waals surface area contributed by atoms with E-state index in [9.17, 15) is 4.79 Å². The number of nitrogens with zero attached hydrogens (tertiary/aromatic N) is 6. The third-order valence-electron chi connectivity index (χ3n) is 6.16. The van der Waals surface area contributed by atoms with Crippen LogP contribution in [0.15, 0.2) is 59.8 Å². The lowest BCUT2D eigenvalue weighted by atomic mass is 10.0. The van der Waals surface area contributed by atoms with Gasteiger partial charge in [0.25, 0.3) is 0 Å². The number of rotatable bonds is 5. The number of benzene rings is 1. The number of hydrogen-bond donors (Lipinski definition) is 0. The van der Waals surface area contributed by atoms with E-state index >= 15 is 0 Å². The van der Waals surface area contributed by atoms with Crippen molar-refractivity contribution in [2.75, 3.05) is 13.7 Å². The Labute approximate surface area is 201 Å². The summed E-state index contributed by atoms with van der Waals surface area (Å²) < 4.78 is 8.52. The van der Waals surface area contributed by atoms with Crippen molar-refractivity contribution < 1.29 is 4.74 Å². The summed E-state index contributed by atoms with van der Waals surface area (Å²) in [5.41, 5.74) is 3.86. The van der Waals surface area contributed by atoms with Gasteiger partial charge in [-0.2, -0.15) is 9.61 Å². The molecule has 0 saturated carbocycles. The summed E-state index contributed by atoms with van der Waals surface area (Å²) in [4.78, 5) is 26.9. The molecule has 0 bridgehead atoms. The van der Waals surface area contributed by atoms with Gasteiger partial charge in [-0.3, -0.25) is 14.5 Å². The molecule has 5 aromatic rings. The fraction of sp³-hybridized carbons (Fsp3) is 0.280. The van der Waals surface area contributed by atoms with E-state index in [4.69, 9.17) is 4.74 Å². The Balaban J connectivity index is 0.00000241. The van der Waals surface area contributed by atoms with Crippen LogP contribution in [0.3, 0.4) is 0 Å². The average Bonchev–Trinajstić information content (AvgIpc) is 3.47. The predicted molar refractivity (Wildman–Crippen MR) is 134 cm³/mol. The summed E-state index contributed by atoms with van der Waals surface area (Å²) in [6.45, 7) is 3.05. The first-order chi connectivity index (χ1) is 16.2. The van der Waals surface area contributed by atoms with E-state index in [1.807, 2.05) is 47.2 Å². The molecule has 4 aromatic heterocycles. The molecule has 0 spiro atoms. The van der Waals surface area contributed by atoms with Crippen molar-refractivity contribution in [2.45, 2.75) is 33.5 Å². The van der Waals surface area contributed by atoms with E-state index in [0.29, 0.717) is 12.2 Å². The third kappa shape index (κ3) is 3.76. The van der Waals surface area contributed by atoms with Gasteiger partial charge in [0, 0.05) is 30.7 Å². The topological polar surface area (TPSA) is 77.5 Å². The minimum Gasteiger partial charge on any atom is -0.497 e. The van der Waals surface area contributed by atoms with Crippen LogP contribution in [0.25, 0.3) is 15.9 Å². The summed E-state index contributed by atoms with van der Waals surface area (Å²) in [5.74, 6) is 0.794. The van der Waals surface area contributed by atoms with E-state index in [-0.39, 0.29) is 13.1 Å². The van der Waals surface area contributed by atoms with Crippen LogP contribution in [0.1, 0.15) is 29.1 Å². The first-order valence-electron chi connectivity index (χ1n) is 10.8. The molecule has 0 N–H and O–H groups in total. The first kappa shape index (κ1) is 22.2. The van der Waals surface area contributed by atoms with Gasteiger partial charge in [0.05, 0.1) is 24.7 Å². The Morgan fingerprint density at radius 2 is 1.94 bits per heavy atom. The van der Waals surface area contributed by atoms with E-state index < -0.39 is 0 Å². The van der Waals surface area contributed by atoms with Crippen molar-refractivity contribution in [3.05, 3.63) is 87.2 Å². The maximum atomic E-state index is 13.3. The standard InChI is InChI=1S/C24H22N6O2S.CH4/c1-32-18-7-5-16(6-8-18)12-29-23-21(22-26-15-27-30(22)24(29)31)19-9-11-28(14-20(19)33-23)13-17-4-2-3-10-25-17;/h2-8,10,15H,9,11-14H2,1H3;1H4. The van der Waals surface area contributed by atoms with Gasteiger partial charge < -0.3 is 4.74 Å². The fourth-order valence-electron chi connectivity index (χ4n) is 4.52. The van der Waals surface area contributed by atoms with Crippen molar-refractivity contribution >= 4 is 27.2 Å².